The van der Waals surface area contributed by atoms with Crippen LogP contribution in [0.3, 0.4) is 0 Å². The summed E-state index contributed by atoms with van der Waals surface area (Å²) in [6, 6.07) is 14.2. The third kappa shape index (κ3) is 2.46. The number of hydrogen-bond donors (Lipinski definition) is 0. The first-order valence-electron chi connectivity index (χ1n) is 5.84. The quantitative estimate of drug-likeness (QED) is 0.701. The summed E-state index contributed by atoms with van der Waals surface area (Å²) in [5.41, 5.74) is 1.02. The summed E-state index contributed by atoms with van der Waals surface area (Å²) in [5, 5.41) is 3.11. The normalized spacial score (nSPS) is 12.7. The lowest BCUT2D eigenvalue weighted by Crippen LogP contribution is -1.98. The molecule has 1 atom stereocenters. The molecule has 0 saturated carbocycles. The van der Waals surface area contributed by atoms with Crippen LogP contribution in [0.2, 0.25) is 0 Å². The lowest BCUT2D eigenvalue weighted by molar-refractivity contribution is 0.595. The molecule has 2 aromatic carbocycles. The highest BCUT2D eigenvalue weighted by atomic mass is 32.2. The SMILES string of the molecule is O=S(Cc1csc2ccccc12)c1ccccc1F. The van der Waals surface area contributed by atoms with Crippen LogP contribution in [0.5, 0.6) is 0 Å². The van der Waals surface area contributed by atoms with E-state index < -0.39 is 16.6 Å². The standard InChI is InChI=1S/C15H11FOS2/c16-13-6-2-4-8-15(13)19(17)10-11-9-18-14-7-3-1-5-12(11)14/h1-9H,10H2. The van der Waals surface area contributed by atoms with Gasteiger partial charge >= 0.3 is 0 Å². The Labute approximate surface area is 117 Å². The smallest absolute Gasteiger partial charge is 0.139 e. The molecule has 0 bridgehead atoms. The van der Waals surface area contributed by atoms with Gasteiger partial charge in [0.1, 0.15) is 5.82 Å². The van der Waals surface area contributed by atoms with E-state index >= 15 is 0 Å². The van der Waals surface area contributed by atoms with Crippen molar-refractivity contribution >= 4 is 32.2 Å². The number of rotatable bonds is 3. The molecule has 0 aliphatic heterocycles. The highest BCUT2D eigenvalue weighted by Gasteiger charge is 2.12. The molecule has 0 radical (unpaired) electrons. The third-order valence-electron chi connectivity index (χ3n) is 2.93. The van der Waals surface area contributed by atoms with Gasteiger partial charge in [0.25, 0.3) is 0 Å². The van der Waals surface area contributed by atoms with E-state index in [9.17, 15) is 8.60 Å². The molecule has 0 amide bonds. The second-order valence-electron chi connectivity index (χ2n) is 4.18. The molecule has 0 N–H and O–H groups in total. The number of halogens is 1. The van der Waals surface area contributed by atoms with Gasteiger partial charge in [-0.2, -0.15) is 0 Å². The van der Waals surface area contributed by atoms with Gasteiger partial charge in [0.05, 0.1) is 21.4 Å². The van der Waals surface area contributed by atoms with E-state index in [4.69, 9.17) is 0 Å². The van der Waals surface area contributed by atoms with Crippen molar-refractivity contribution in [1.82, 2.24) is 0 Å². The Morgan fingerprint density at radius 3 is 2.63 bits per heavy atom. The van der Waals surface area contributed by atoms with Crippen molar-refractivity contribution in [3.8, 4) is 0 Å². The lowest BCUT2D eigenvalue weighted by atomic mass is 10.2. The number of fused-ring (bicyclic) bond motifs is 1. The summed E-state index contributed by atoms with van der Waals surface area (Å²) in [4.78, 5) is 0.276. The van der Waals surface area contributed by atoms with Gasteiger partial charge in [-0.3, -0.25) is 4.21 Å². The predicted octanol–water partition coefficient (Wildman–Crippen LogP) is 4.35. The molecule has 0 saturated heterocycles. The summed E-state index contributed by atoms with van der Waals surface area (Å²) in [5.74, 6) is -0.0503. The first-order chi connectivity index (χ1) is 9.25. The molecule has 4 heteroatoms. The zero-order valence-corrected chi connectivity index (χ0v) is 11.6. The van der Waals surface area contributed by atoms with Crippen LogP contribution in [0.25, 0.3) is 10.1 Å². The fraction of sp³-hybridized carbons (Fsp3) is 0.0667. The maximum Gasteiger partial charge on any atom is 0.139 e. The molecule has 0 aliphatic rings. The first kappa shape index (κ1) is 12.5. The third-order valence-corrected chi connectivity index (χ3v) is 5.34. The average Bonchev–Trinajstić information content (AvgIpc) is 2.83. The van der Waals surface area contributed by atoms with Crippen molar-refractivity contribution in [2.75, 3.05) is 0 Å². The van der Waals surface area contributed by atoms with E-state index in [0.29, 0.717) is 5.75 Å². The molecule has 1 unspecified atom stereocenters. The van der Waals surface area contributed by atoms with Gasteiger partial charge in [-0.1, -0.05) is 30.3 Å². The van der Waals surface area contributed by atoms with E-state index in [0.717, 1.165) is 10.9 Å². The summed E-state index contributed by atoms with van der Waals surface area (Å²) < 4.78 is 27.0. The maximum absolute atomic E-state index is 13.6. The average molecular weight is 290 g/mol. The number of hydrogen-bond acceptors (Lipinski definition) is 2. The molecule has 1 nitrogen and oxygen atoms in total. The van der Waals surface area contributed by atoms with Gasteiger partial charge in [0, 0.05) is 4.70 Å². The molecule has 3 rings (SSSR count). The fourth-order valence-electron chi connectivity index (χ4n) is 1.99. The zero-order chi connectivity index (χ0) is 13.2. The predicted molar refractivity (Wildman–Crippen MR) is 78.3 cm³/mol. The number of thiophene rings is 1. The van der Waals surface area contributed by atoms with E-state index in [1.54, 1.807) is 29.5 Å². The van der Waals surface area contributed by atoms with Gasteiger partial charge < -0.3 is 0 Å². The van der Waals surface area contributed by atoms with E-state index in [-0.39, 0.29) is 4.90 Å². The molecule has 0 fully saturated rings. The van der Waals surface area contributed by atoms with Gasteiger partial charge in [0.2, 0.25) is 0 Å². The molecule has 96 valence electrons. The Morgan fingerprint density at radius 1 is 1.05 bits per heavy atom. The van der Waals surface area contributed by atoms with E-state index in [2.05, 4.69) is 0 Å². The Hall–Kier alpha value is -1.52. The second kappa shape index (κ2) is 5.23. The van der Waals surface area contributed by atoms with Gasteiger partial charge in [-0.15, -0.1) is 11.3 Å². The molecular formula is C15H11FOS2. The highest BCUT2D eigenvalue weighted by Crippen LogP contribution is 2.28. The van der Waals surface area contributed by atoms with Crippen molar-refractivity contribution in [3.05, 3.63) is 65.3 Å². The minimum Gasteiger partial charge on any atom is -0.254 e. The van der Waals surface area contributed by atoms with Crippen molar-refractivity contribution < 1.29 is 8.60 Å². The molecule has 19 heavy (non-hydrogen) atoms. The maximum atomic E-state index is 13.6. The summed E-state index contributed by atoms with van der Waals surface area (Å²) >= 11 is 1.63. The molecule has 3 aromatic rings. The van der Waals surface area contributed by atoms with Crippen LogP contribution in [0.15, 0.2) is 58.8 Å². The van der Waals surface area contributed by atoms with Crippen LogP contribution in [0, 0.1) is 5.82 Å². The molecule has 1 aromatic heterocycles. The molecule has 0 spiro atoms. The van der Waals surface area contributed by atoms with Crippen LogP contribution >= 0.6 is 11.3 Å². The van der Waals surface area contributed by atoms with Crippen molar-refractivity contribution in [2.45, 2.75) is 10.6 Å². The Kier molecular flexibility index (Phi) is 3.44. The highest BCUT2D eigenvalue weighted by molar-refractivity contribution is 7.84. The first-order valence-corrected chi connectivity index (χ1v) is 8.03. The van der Waals surface area contributed by atoms with Crippen LogP contribution in [-0.4, -0.2) is 4.21 Å². The minimum atomic E-state index is -1.35. The minimum absolute atomic E-state index is 0.276. The lowest BCUT2D eigenvalue weighted by Gasteiger charge is -2.03. The van der Waals surface area contributed by atoms with Crippen molar-refractivity contribution in [1.29, 1.82) is 0 Å². The summed E-state index contributed by atoms with van der Waals surface area (Å²) in [6.45, 7) is 0. The van der Waals surface area contributed by atoms with Crippen molar-refractivity contribution in [2.24, 2.45) is 0 Å². The largest absolute Gasteiger partial charge is 0.254 e. The van der Waals surface area contributed by atoms with Crippen LogP contribution < -0.4 is 0 Å². The Morgan fingerprint density at radius 2 is 1.79 bits per heavy atom. The zero-order valence-electron chi connectivity index (χ0n) is 10.0. The van der Waals surface area contributed by atoms with Crippen LogP contribution in [0.1, 0.15) is 5.56 Å². The Balaban J connectivity index is 1.94. The van der Waals surface area contributed by atoms with Gasteiger partial charge in [-0.25, -0.2) is 4.39 Å². The molecular weight excluding hydrogens is 279 g/mol. The van der Waals surface area contributed by atoms with Crippen LogP contribution in [0.4, 0.5) is 4.39 Å². The second-order valence-corrected chi connectivity index (χ2v) is 6.51. The topological polar surface area (TPSA) is 17.1 Å². The molecule has 1 heterocycles. The van der Waals surface area contributed by atoms with Gasteiger partial charge in [0.15, 0.2) is 0 Å². The van der Waals surface area contributed by atoms with Crippen LogP contribution in [-0.2, 0) is 16.6 Å². The summed E-state index contributed by atoms with van der Waals surface area (Å²) in [7, 11) is -1.35. The van der Waals surface area contributed by atoms with E-state index in [1.165, 1.54) is 10.8 Å². The Bertz CT molecular complexity index is 748. The monoisotopic (exact) mass is 290 g/mol. The van der Waals surface area contributed by atoms with E-state index in [1.807, 2.05) is 29.6 Å². The molecule has 0 aliphatic carbocycles. The summed E-state index contributed by atoms with van der Waals surface area (Å²) in [6.07, 6.45) is 0. The fourth-order valence-corrected chi connectivity index (χ4v) is 4.25. The number of benzene rings is 2. The van der Waals surface area contributed by atoms with Gasteiger partial charge in [-0.05, 0) is 34.5 Å². The van der Waals surface area contributed by atoms with Crippen molar-refractivity contribution in [3.63, 3.8) is 0 Å².